The minimum absolute atomic E-state index is 0.251. The molecule has 0 unspecified atom stereocenters. The molecule has 4 rings (SSSR count). The summed E-state index contributed by atoms with van der Waals surface area (Å²) in [4.78, 5) is 17.5. The third-order valence-electron chi connectivity index (χ3n) is 4.84. The number of rotatable bonds is 3. The molecule has 3 heteroatoms. The highest BCUT2D eigenvalue weighted by Gasteiger charge is 2.27. The van der Waals surface area contributed by atoms with Gasteiger partial charge in [0.25, 0.3) is 0 Å². The first-order chi connectivity index (χ1) is 12.7. The van der Waals surface area contributed by atoms with Gasteiger partial charge in [-0.2, -0.15) is 0 Å². The predicted octanol–water partition coefficient (Wildman–Crippen LogP) is 5.21. The molecule has 1 aromatic heterocycles. The van der Waals surface area contributed by atoms with E-state index in [2.05, 4.69) is 37.3 Å². The van der Waals surface area contributed by atoms with Crippen LogP contribution in [0.1, 0.15) is 46.1 Å². The van der Waals surface area contributed by atoms with Crippen molar-refractivity contribution < 1.29 is 9.53 Å². The van der Waals surface area contributed by atoms with Gasteiger partial charge in [0.15, 0.2) is 0 Å². The van der Waals surface area contributed by atoms with Crippen molar-refractivity contribution >= 4 is 28.5 Å². The Morgan fingerprint density at radius 1 is 1.12 bits per heavy atom. The Morgan fingerprint density at radius 2 is 1.88 bits per heavy atom. The number of carbonyl (C=O) groups excluding carboxylic acids is 1. The SMILES string of the molecule is CCOC(=O)c1c2c(nc3ccccc13)/C(=C/c1ccc(C)cc1)CC2. The minimum atomic E-state index is -0.251. The summed E-state index contributed by atoms with van der Waals surface area (Å²) in [6.45, 7) is 4.29. The second kappa shape index (κ2) is 6.75. The van der Waals surface area contributed by atoms with Gasteiger partial charge < -0.3 is 4.74 Å². The van der Waals surface area contributed by atoms with Gasteiger partial charge in [-0.15, -0.1) is 0 Å². The highest BCUT2D eigenvalue weighted by atomic mass is 16.5. The summed E-state index contributed by atoms with van der Waals surface area (Å²) >= 11 is 0. The van der Waals surface area contributed by atoms with Gasteiger partial charge in [-0.25, -0.2) is 9.78 Å². The van der Waals surface area contributed by atoms with Crippen molar-refractivity contribution in [2.24, 2.45) is 0 Å². The molecule has 1 heterocycles. The third kappa shape index (κ3) is 2.90. The molecule has 0 fully saturated rings. The topological polar surface area (TPSA) is 39.2 Å². The maximum atomic E-state index is 12.7. The molecule has 0 saturated carbocycles. The lowest BCUT2D eigenvalue weighted by Gasteiger charge is -2.11. The molecule has 2 aromatic carbocycles. The minimum Gasteiger partial charge on any atom is -0.462 e. The number of allylic oxidation sites excluding steroid dienone is 1. The van der Waals surface area contributed by atoms with E-state index < -0.39 is 0 Å². The van der Waals surface area contributed by atoms with Crippen LogP contribution in [-0.2, 0) is 11.2 Å². The van der Waals surface area contributed by atoms with Crippen LogP contribution in [0.2, 0.25) is 0 Å². The lowest BCUT2D eigenvalue weighted by Crippen LogP contribution is -2.10. The fraction of sp³-hybridized carbons (Fsp3) is 0.217. The maximum Gasteiger partial charge on any atom is 0.339 e. The number of fused-ring (bicyclic) bond motifs is 2. The van der Waals surface area contributed by atoms with Gasteiger partial charge in [-0.05, 0) is 55.5 Å². The van der Waals surface area contributed by atoms with Crippen LogP contribution in [0.4, 0.5) is 0 Å². The van der Waals surface area contributed by atoms with E-state index >= 15 is 0 Å². The van der Waals surface area contributed by atoms with Gasteiger partial charge in [0.2, 0.25) is 0 Å². The summed E-state index contributed by atoms with van der Waals surface area (Å²) in [5.74, 6) is -0.251. The van der Waals surface area contributed by atoms with E-state index in [-0.39, 0.29) is 5.97 Å². The van der Waals surface area contributed by atoms with Crippen molar-refractivity contribution in [3.63, 3.8) is 0 Å². The Labute approximate surface area is 153 Å². The van der Waals surface area contributed by atoms with Gasteiger partial charge in [0.1, 0.15) is 0 Å². The molecule has 3 nitrogen and oxygen atoms in total. The number of para-hydroxylation sites is 1. The Bertz CT molecular complexity index is 1020. The first kappa shape index (κ1) is 16.5. The molecular weight excluding hydrogens is 322 g/mol. The van der Waals surface area contributed by atoms with Gasteiger partial charge in [-0.1, -0.05) is 48.0 Å². The highest BCUT2D eigenvalue weighted by Crippen LogP contribution is 2.37. The Morgan fingerprint density at radius 3 is 2.65 bits per heavy atom. The Kier molecular flexibility index (Phi) is 4.29. The van der Waals surface area contributed by atoms with E-state index in [0.29, 0.717) is 12.2 Å². The lowest BCUT2D eigenvalue weighted by molar-refractivity contribution is 0.0527. The van der Waals surface area contributed by atoms with Crippen LogP contribution in [0.15, 0.2) is 48.5 Å². The summed E-state index contributed by atoms with van der Waals surface area (Å²) in [6, 6.07) is 16.3. The van der Waals surface area contributed by atoms with Crippen LogP contribution in [0.3, 0.4) is 0 Å². The molecule has 26 heavy (non-hydrogen) atoms. The van der Waals surface area contributed by atoms with E-state index in [1.807, 2.05) is 31.2 Å². The number of hydrogen-bond acceptors (Lipinski definition) is 3. The van der Waals surface area contributed by atoms with Crippen LogP contribution < -0.4 is 0 Å². The second-order valence-corrected chi connectivity index (χ2v) is 6.63. The van der Waals surface area contributed by atoms with Crippen LogP contribution in [0.25, 0.3) is 22.6 Å². The zero-order valence-corrected chi connectivity index (χ0v) is 15.1. The standard InChI is InChI=1S/C23H21NO2/c1-3-26-23(25)21-18-6-4-5-7-20(18)24-22-17(12-13-19(21)22)14-16-10-8-15(2)9-11-16/h4-11,14H,3,12-13H2,1-2H3/b17-14+. The number of pyridine rings is 1. The quantitative estimate of drug-likeness (QED) is 0.613. The number of hydrogen-bond donors (Lipinski definition) is 0. The molecule has 0 saturated heterocycles. The molecule has 0 amide bonds. The van der Waals surface area contributed by atoms with E-state index in [4.69, 9.17) is 9.72 Å². The van der Waals surface area contributed by atoms with E-state index in [1.54, 1.807) is 0 Å². The zero-order valence-electron chi connectivity index (χ0n) is 15.1. The number of nitrogens with zero attached hydrogens (tertiary/aromatic N) is 1. The number of esters is 1. The van der Waals surface area contributed by atoms with Crippen LogP contribution in [0, 0.1) is 6.92 Å². The van der Waals surface area contributed by atoms with Crippen molar-refractivity contribution in [1.82, 2.24) is 4.98 Å². The molecule has 3 aromatic rings. The molecule has 1 aliphatic rings. The molecule has 130 valence electrons. The molecule has 1 aliphatic carbocycles. The summed E-state index contributed by atoms with van der Waals surface area (Å²) in [7, 11) is 0. The molecule has 0 atom stereocenters. The normalized spacial score (nSPS) is 14.6. The smallest absolute Gasteiger partial charge is 0.339 e. The highest BCUT2D eigenvalue weighted by molar-refractivity contribution is 6.07. The average Bonchev–Trinajstić information content (AvgIpc) is 3.04. The van der Waals surface area contributed by atoms with Crippen LogP contribution >= 0.6 is 0 Å². The van der Waals surface area contributed by atoms with Gasteiger partial charge in [0.05, 0.1) is 23.4 Å². The summed E-state index contributed by atoms with van der Waals surface area (Å²) in [5, 5.41) is 0.876. The number of aromatic nitrogens is 1. The Hall–Kier alpha value is -2.94. The van der Waals surface area contributed by atoms with Crippen LogP contribution in [-0.4, -0.2) is 17.6 Å². The van der Waals surface area contributed by atoms with E-state index in [9.17, 15) is 4.79 Å². The number of aryl methyl sites for hydroxylation is 1. The van der Waals surface area contributed by atoms with E-state index in [0.717, 1.165) is 40.6 Å². The van der Waals surface area contributed by atoms with Crippen LogP contribution in [0.5, 0.6) is 0 Å². The fourth-order valence-electron chi connectivity index (χ4n) is 3.58. The first-order valence-corrected chi connectivity index (χ1v) is 9.03. The summed E-state index contributed by atoms with van der Waals surface area (Å²) in [6.07, 6.45) is 3.89. The average molecular weight is 343 g/mol. The fourth-order valence-corrected chi connectivity index (χ4v) is 3.58. The van der Waals surface area contributed by atoms with Gasteiger partial charge in [0, 0.05) is 5.39 Å². The molecule has 0 N–H and O–H groups in total. The molecule has 0 spiro atoms. The van der Waals surface area contributed by atoms with Crippen molar-refractivity contribution in [3.8, 4) is 0 Å². The second-order valence-electron chi connectivity index (χ2n) is 6.63. The predicted molar refractivity (Wildman–Crippen MR) is 105 cm³/mol. The molecule has 0 bridgehead atoms. The lowest BCUT2D eigenvalue weighted by atomic mass is 10.0. The summed E-state index contributed by atoms with van der Waals surface area (Å²) in [5.41, 5.74) is 7.05. The number of carbonyl (C=O) groups is 1. The maximum absolute atomic E-state index is 12.7. The third-order valence-corrected chi connectivity index (χ3v) is 4.84. The van der Waals surface area contributed by atoms with E-state index in [1.165, 1.54) is 11.1 Å². The van der Waals surface area contributed by atoms with Crippen molar-refractivity contribution in [1.29, 1.82) is 0 Å². The summed E-state index contributed by atoms with van der Waals surface area (Å²) < 4.78 is 5.34. The largest absolute Gasteiger partial charge is 0.462 e. The Balaban J connectivity index is 1.89. The first-order valence-electron chi connectivity index (χ1n) is 9.03. The zero-order chi connectivity index (χ0) is 18.1. The monoisotopic (exact) mass is 343 g/mol. The molecule has 0 aliphatic heterocycles. The number of ether oxygens (including phenoxy) is 1. The number of benzene rings is 2. The van der Waals surface area contributed by atoms with Crippen molar-refractivity contribution in [2.45, 2.75) is 26.7 Å². The van der Waals surface area contributed by atoms with Gasteiger partial charge >= 0.3 is 5.97 Å². The van der Waals surface area contributed by atoms with Gasteiger partial charge in [-0.3, -0.25) is 0 Å². The molecular formula is C23H21NO2. The van der Waals surface area contributed by atoms with Crippen molar-refractivity contribution in [3.05, 3.63) is 76.5 Å². The van der Waals surface area contributed by atoms with Crippen molar-refractivity contribution in [2.75, 3.05) is 6.61 Å². The molecule has 0 radical (unpaired) electrons.